The van der Waals surface area contributed by atoms with Gasteiger partial charge in [0.1, 0.15) is 18.2 Å². The molecule has 0 aliphatic carbocycles. The van der Waals surface area contributed by atoms with E-state index in [0.29, 0.717) is 39.8 Å². The topological polar surface area (TPSA) is 61.9 Å². The van der Waals surface area contributed by atoms with Crippen molar-refractivity contribution in [3.8, 4) is 16.9 Å². The van der Waals surface area contributed by atoms with Crippen LogP contribution in [0.25, 0.3) is 33.1 Å². The number of ether oxygens (including phenoxy) is 1. The molecule has 0 atom stereocenters. The van der Waals surface area contributed by atoms with Crippen molar-refractivity contribution < 1.29 is 13.5 Å². The fourth-order valence-electron chi connectivity index (χ4n) is 3.55. The SMILES string of the molecule is Cn1c(=O)n2c3c4c(c(-c5ccc(F)nc5)c(F)cc4ncc31)OCC2. The lowest BCUT2D eigenvalue weighted by atomic mass is 10.0. The van der Waals surface area contributed by atoms with Gasteiger partial charge in [-0.3, -0.25) is 14.1 Å². The van der Waals surface area contributed by atoms with Crippen molar-refractivity contribution in [3.05, 3.63) is 52.8 Å². The number of aryl methyl sites for hydroxylation is 1. The molecular weight excluding hydrogens is 342 g/mol. The largest absolute Gasteiger partial charge is 0.490 e. The summed E-state index contributed by atoms with van der Waals surface area (Å²) < 4.78 is 37.0. The molecule has 4 heterocycles. The lowest BCUT2D eigenvalue weighted by molar-refractivity contribution is 0.305. The third-order valence-corrected chi connectivity index (χ3v) is 4.74. The van der Waals surface area contributed by atoms with Crippen molar-refractivity contribution >= 4 is 21.9 Å². The van der Waals surface area contributed by atoms with Gasteiger partial charge < -0.3 is 4.74 Å². The first-order chi connectivity index (χ1) is 12.6. The van der Waals surface area contributed by atoms with Gasteiger partial charge in [0.25, 0.3) is 0 Å². The summed E-state index contributed by atoms with van der Waals surface area (Å²) in [7, 11) is 1.67. The Kier molecular flexibility index (Phi) is 2.95. The summed E-state index contributed by atoms with van der Waals surface area (Å²) in [5.74, 6) is -0.898. The molecule has 0 bridgehead atoms. The first kappa shape index (κ1) is 15.0. The van der Waals surface area contributed by atoms with Gasteiger partial charge in [-0.15, -0.1) is 0 Å². The summed E-state index contributed by atoms with van der Waals surface area (Å²) >= 11 is 0. The first-order valence-corrected chi connectivity index (χ1v) is 8.01. The Morgan fingerprint density at radius 3 is 2.81 bits per heavy atom. The Bertz CT molecular complexity index is 1260. The molecule has 0 radical (unpaired) electrons. The Labute approximate surface area is 145 Å². The minimum absolute atomic E-state index is 0.180. The normalized spacial score (nSPS) is 13.3. The highest BCUT2D eigenvalue weighted by Gasteiger charge is 2.25. The number of nitrogens with zero attached hydrogens (tertiary/aromatic N) is 4. The van der Waals surface area contributed by atoms with Crippen LogP contribution in [0.4, 0.5) is 8.78 Å². The Morgan fingerprint density at radius 1 is 1.19 bits per heavy atom. The molecule has 0 amide bonds. The van der Waals surface area contributed by atoms with Gasteiger partial charge in [-0.05, 0) is 12.1 Å². The third-order valence-electron chi connectivity index (χ3n) is 4.74. The van der Waals surface area contributed by atoms with Gasteiger partial charge in [-0.2, -0.15) is 4.39 Å². The second-order valence-corrected chi connectivity index (χ2v) is 6.16. The number of rotatable bonds is 1. The second-order valence-electron chi connectivity index (χ2n) is 6.16. The molecular formula is C18H12F2N4O2. The van der Waals surface area contributed by atoms with Crippen LogP contribution >= 0.6 is 0 Å². The maximum atomic E-state index is 14.9. The molecule has 0 unspecified atom stereocenters. The predicted molar refractivity (Wildman–Crippen MR) is 91.1 cm³/mol. The maximum absolute atomic E-state index is 14.9. The summed E-state index contributed by atoms with van der Waals surface area (Å²) in [6.45, 7) is 0.542. The van der Waals surface area contributed by atoms with E-state index in [-0.39, 0.29) is 17.9 Å². The second kappa shape index (κ2) is 5.10. The molecule has 3 aromatic heterocycles. The molecule has 0 spiro atoms. The molecule has 26 heavy (non-hydrogen) atoms. The van der Waals surface area contributed by atoms with Crippen molar-refractivity contribution in [3.63, 3.8) is 0 Å². The van der Waals surface area contributed by atoms with E-state index in [2.05, 4.69) is 9.97 Å². The maximum Gasteiger partial charge on any atom is 0.329 e. The standard InChI is InChI=1S/C18H12F2N4O2/c1-23-12-8-21-11-6-10(19)14(9-2-3-13(20)22-7-9)17-15(11)16(12)24(18(23)25)4-5-26-17/h2-3,6-8H,4-5H2,1H3. The van der Waals surface area contributed by atoms with Crippen molar-refractivity contribution in [1.29, 1.82) is 0 Å². The van der Waals surface area contributed by atoms with E-state index in [4.69, 9.17) is 4.74 Å². The van der Waals surface area contributed by atoms with E-state index in [1.807, 2.05) is 0 Å². The van der Waals surface area contributed by atoms with E-state index in [9.17, 15) is 13.6 Å². The number of aromatic nitrogens is 4. The number of imidazole rings is 1. The Balaban J connectivity index is 1.99. The number of hydrogen-bond acceptors (Lipinski definition) is 4. The van der Waals surface area contributed by atoms with Crippen LogP contribution in [0.3, 0.4) is 0 Å². The molecule has 0 N–H and O–H groups in total. The van der Waals surface area contributed by atoms with Crippen LogP contribution in [-0.4, -0.2) is 25.7 Å². The van der Waals surface area contributed by atoms with Crippen molar-refractivity contribution in [2.24, 2.45) is 7.05 Å². The van der Waals surface area contributed by atoms with Crippen molar-refractivity contribution in [2.45, 2.75) is 6.54 Å². The molecule has 130 valence electrons. The Hall–Kier alpha value is -3.29. The van der Waals surface area contributed by atoms with Crippen LogP contribution in [-0.2, 0) is 13.6 Å². The molecule has 4 aromatic rings. The molecule has 1 aromatic carbocycles. The average Bonchev–Trinajstić information content (AvgIpc) is 2.78. The predicted octanol–water partition coefficient (Wildman–Crippen LogP) is 2.62. The zero-order chi connectivity index (χ0) is 18.0. The zero-order valence-corrected chi connectivity index (χ0v) is 13.7. The van der Waals surface area contributed by atoms with Crippen LogP contribution in [0, 0.1) is 11.8 Å². The van der Waals surface area contributed by atoms with Crippen LogP contribution < -0.4 is 10.4 Å². The van der Waals surface area contributed by atoms with E-state index < -0.39 is 11.8 Å². The highest BCUT2D eigenvalue weighted by molar-refractivity contribution is 6.09. The monoisotopic (exact) mass is 354 g/mol. The molecule has 5 rings (SSSR count). The molecule has 8 heteroatoms. The highest BCUT2D eigenvalue weighted by atomic mass is 19.1. The zero-order valence-electron chi connectivity index (χ0n) is 13.7. The molecule has 1 aliphatic heterocycles. The van der Waals surface area contributed by atoms with Crippen molar-refractivity contribution in [2.75, 3.05) is 6.61 Å². The van der Waals surface area contributed by atoms with Crippen LogP contribution in [0.2, 0.25) is 0 Å². The van der Waals surface area contributed by atoms with E-state index in [1.165, 1.54) is 29.0 Å². The van der Waals surface area contributed by atoms with E-state index in [1.54, 1.807) is 17.8 Å². The molecule has 0 saturated carbocycles. The fraction of sp³-hybridized carbons (Fsp3) is 0.167. The van der Waals surface area contributed by atoms with E-state index in [0.717, 1.165) is 0 Å². The molecule has 0 saturated heterocycles. The highest BCUT2D eigenvalue weighted by Crippen LogP contribution is 2.42. The summed E-state index contributed by atoms with van der Waals surface area (Å²) in [5, 5.41) is 0.568. The lowest BCUT2D eigenvalue weighted by Gasteiger charge is -2.14. The number of hydrogen-bond donors (Lipinski definition) is 0. The molecule has 6 nitrogen and oxygen atoms in total. The minimum atomic E-state index is -0.650. The molecule has 1 aliphatic rings. The third kappa shape index (κ3) is 1.86. The quantitative estimate of drug-likeness (QED) is 0.493. The smallest absolute Gasteiger partial charge is 0.329 e. The van der Waals surface area contributed by atoms with Crippen molar-refractivity contribution in [1.82, 2.24) is 19.1 Å². The van der Waals surface area contributed by atoms with Gasteiger partial charge in [0, 0.05) is 24.9 Å². The van der Waals surface area contributed by atoms with Gasteiger partial charge in [-0.25, -0.2) is 14.2 Å². The van der Waals surface area contributed by atoms with Crippen LogP contribution in [0.5, 0.6) is 5.75 Å². The van der Waals surface area contributed by atoms with Gasteiger partial charge in [0.15, 0.2) is 0 Å². The van der Waals surface area contributed by atoms with Crippen LogP contribution in [0.15, 0.2) is 35.4 Å². The number of pyridine rings is 2. The molecule has 0 fully saturated rings. The summed E-state index contributed by atoms with van der Waals surface area (Å²) in [6, 6.07) is 3.91. The minimum Gasteiger partial charge on any atom is -0.490 e. The lowest BCUT2D eigenvalue weighted by Crippen LogP contribution is -2.24. The van der Waals surface area contributed by atoms with Gasteiger partial charge >= 0.3 is 5.69 Å². The fourth-order valence-corrected chi connectivity index (χ4v) is 3.55. The summed E-state index contributed by atoms with van der Waals surface area (Å²) in [4.78, 5) is 20.4. The first-order valence-electron chi connectivity index (χ1n) is 8.01. The average molecular weight is 354 g/mol. The number of halogens is 2. The number of benzene rings is 1. The van der Waals surface area contributed by atoms with E-state index >= 15 is 0 Å². The van der Waals surface area contributed by atoms with Gasteiger partial charge in [0.2, 0.25) is 5.95 Å². The summed E-state index contributed by atoms with van der Waals surface area (Å²) in [6.07, 6.45) is 2.82. The van der Waals surface area contributed by atoms with Crippen LogP contribution in [0.1, 0.15) is 0 Å². The Morgan fingerprint density at radius 2 is 2.04 bits per heavy atom. The van der Waals surface area contributed by atoms with Gasteiger partial charge in [0.05, 0.1) is 40.2 Å². The summed E-state index contributed by atoms with van der Waals surface area (Å²) in [5.41, 5.74) is 2.09. The van der Waals surface area contributed by atoms with Gasteiger partial charge in [-0.1, -0.05) is 0 Å².